The molecule has 0 saturated carbocycles. The molecule has 1 heterocycles. The number of furan rings is 1. The normalized spacial score (nSPS) is 10.7. The minimum Gasteiger partial charge on any atom is -0.493 e. The molecule has 3 aromatic rings. The minimum atomic E-state index is -0.598. The van der Waals surface area contributed by atoms with Crippen LogP contribution in [-0.2, 0) is 22.5 Å². The number of nitrogens with zero attached hydrogens (tertiary/aromatic N) is 2. The van der Waals surface area contributed by atoms with Gasteiger partial charge in [-0.3, -0.25) is 4.79 Å². The fourth-order valence-corrected chi connectivity index (χ4v) is 3.86. The summed E-state index contributed by atoms with van der Waals surface area (Å²) in [7, 11) is 4.63. The van der Waals surface area contributed by atoms with E-state index in [2.05, 4.69) is 5.32 Å². The second-order valence-electron chi connectivity index (χ2n) is 8.31. The third-order valence-corrected chi connectivity index (χ3v) is 6.04. The van der Waals surface area contributed by atoms with Gasteiger partial charge < -0.3 is 33.7 Å². The van der Waals surface area contributed by atoms with Gasteiger partial charge in [0, 0.05) is 25.9 Å². The molecule has 0 aliphatic heterocycles. The third-order valence-electron chi connectivity index (χ3n) is 5.75. The Morgan fingerprint density at radius 1 is 1.00 bits per heavy atom. The van der Waals surface area contributed by atoms with E-state index < -0.39 is 11.8 Å². The van der Waals surface area contributed by atoms with Gasteiger partial charge in [-0.25, -0.2) is 9.18 Å². The van der Waals surface area contributed by atoms with E-state index in [0.717, 1.165) is 11.6 Å². The first-order valence-corrected chi connectivity index (χ1v) is 12.2. The van der Waals surface area contributed by atoms with Gasteiger partial charge in [0.05, 0.1) is 38.7 Å². The van der Waals surface area contributed by atoms with Gasteiger partial charge in [0.25, 0.3) is 0 Å². The van der Waals surface area contributed by atoms with E-state index in [-0.39, 0.29) is 37.2 Å². The molecule has 1 aromatic heterocycles. The van der Waals surface area contributed by atoms with Crippen molar-refractivity contribution in [3.8, 4) is 11.5 Å². The van der Waals surface area contributed by atoms with E-state index in [1.54, 1.807) is 37.5 Å². The van der Waals surface area contributed by atoms with Crippen LogP contribution < -0.4 is 14.8 Å². The van der Waals surface area contributed by atoms with E-state index in [0.29, 0.717) is 35.9 Å². The number of halogens is 2. The minimum absolute atomic E-state index is 0.123. The predicted octanol–water partition coefficient (Wildman–Crippen LogP) is 4.84. The van der Waals surface area contributed by atoms with Gasteiger partial charge in [0.15, 0.2) is 11.5 Å². The quantitative estimate of drug-likeness (QED) is 0.329. The predicted molar refractivity (Wildman–Crippen MR) is 141 cm³/mol. The second-order valence-corrected chi connectivity index (χ2v) is 8.71. The van der Waals surface area contributed by atoms with Crippen molar-refractivity contribution in [1.82, 2.24) is 9.80 Å². The summed E-state index contributed by atoms with van der Waals surface area (Å²) in [4.78, 5) is 29.4. The molecule has 0 aliphatic carbocycles. The topological polar surface area (TPSA) is 93.5 Å². The molecule has 0 atom stereocenters. The monoisotopic (exact) mass is 547 g/mol. The van der Waals surface area contributed by atoms with Gasteiger partial charge in [-0.05, 0) is 54.4 Å². The molecule has 3 amide bonds. The van der Waals surface area contributed by atoms with E-state index in [1.807, 2.05) is 18.2 Å². The van der Waals surface area contributed by atoms with Crippen molar-refractivity contribution >= 4 is 29.2 Å². The van der Waals surface area contributed by atoms with Gasteiger partial charge in [-0.15, -0.1) is 0 Å². The summed E-state index contributed by atoms with van der Waals surface area (Å²) in [5, 5.41) is 2.53. The van der Waals surface area contributed by atoms with Gasteiger partial charge >= 0.3 is 6.03 Å². The van der Waals surface area contributed by atoms with E-state index in [9.17, 15) is 14.0 Å². The number of nitrogens with one attached hydrogen (secondary N) is 1. The molecule has 204 valence electrons. The molecular formula is C27H31ClFN3O6. The Morgan fingerprint density at radius 2 is 1.79 bits per heavy atom. The summed E-state index contributed by atoms with van der Waals surface area (Å²) < 4.78 is 34.8. The van der Waals surface area contributed by atoms with Gasteiger partial charge in [0.1, 0.15) is 18.1 Å². The number of benzene rings is 2. The van der Waals surface area contributed by atoms with Crippen molar-refractivity contribution in [2.45, 2.75) is 13.0 Å². The van der Waals surface area contributed by atoms with Crippen molar-refractivity contribution in [3.63, 3.8) is 0 Å². The SMILES string of the molecule is COCCN(CC(=O)N(CCc1ccc(OC)c(OC)c1)Cc1ccco1)C(=O)Nc1ccc(F)c(Cl)c1. The number of ether oxygens (including phenoxy) is 3. The first-order valence-electron chi connectivity index (χ1n) is 11.9. The lowest BCUT2D eigenvalue weighted by Crippen LogP contribution is -2.46. The fourth-order valence-electron chi connectivity index (χ4n) is 3.68. The summed E-state index contributed by atoms with van der Waals surface area (Å²) >= 11 is 5.83. The lowest BCUT2D eigenvalue weighted by atomic mass is 10.1. The smallest absolute Gasteiger partial charge is 0.322 e. The molecule has 0 radical (unpaired) electrons. The number of hydrogen-bond acceptors (Lipinski definition) is 6. The average molecular weight is 548 g/mol. The van der Waals surface area contributed by atoms with Crippen molar-refractivity contribution < 1.29 is 32.6 Å². The lowest BCUT2D eigenvalue weighted by Gasteiger charge is -2.27. The number of methoxy groups -OCH3 is 3. The molecule has 0 bridgehead atoms. The molecule has 11 heteroatoms. The molecule has 9 nitrogen and oxygen atoms in total. The number of anilines is 1. The standard InChI is InChI=1S/C27H31ClFN3O6/c1-35-14-12-32(27(34)30-20-7-8-23(29)22(28)16-20)18-26(33)31(17-21-5-4-13-38-21)11-10-19-6-9-24(36-2)25(15-19)37-3/h4-9,13,15-16H,10-12,14,17-18H2,1-3H3,(H,30,34). The Labute approximate surface area is 226 Å². The van der Waals surface area contributed by atoms with Crippen LogP contribution in [0, 0.1) is 5.82 Å². The Balaban J connectivity index is 1.74. The van der Waals surface area contributed by atoms with Crippen LogP contribution >= 0.6 is 11.6 Å². The zero-order valence-corrected chi connectivity index (χ0v) is 22.3. The van der Waals surface area contributed by atoms with Crippen LogP contribution in [0.4, 0.5) is 14.9 Å². The van der Waals surface area contributed by atoms with Gasteiger partial charge in [0.2, 0.25) is 5.91 Å². The van der Waals surface area contributed by atoms with E-state index >= 15 is 0 Å². The summed E-state index contributed by atoms with van der Waals surface area (Å²) in [6.07, 6.45) is 2.07. The maximum atomic E-state index is 13.5. The van der Waals surface area contributed by atoms with Crippen LogP contribution in [0.5, 0.6) is 11.5 Å². The third kappa shape index (κ3) is 8.12. The molecule has 0 unspecified atom stereocenters. The zero-order valence-electron chi connectivity index (χ0n) is 21.5. The Morgan fingerprint density at radius 3 is 2.45 bits per heavy atom. The van der Waals surface area contributed by atoms with Crippen LogP contribution in [0.2, 0.25) is 5.02 Å². The Kier molecular flexibility index (Phi) is 10.8. The summed E-state index contributed by atoms with van der Waals surface area (Å²) in [5.74, 6) is 0.933. The first-order chi connectivity index (χ1) is 18.3. The number of carbonyl (C=O) groups excluding carboxylic acids is 2. The van der Waals surface area contributed by atoms with E-state index in [1.165, 1.54) is 24.1 Å². The number of hydrogen-bond donors (Lipinski definition) is 1. The van der Waals surface area contributed by atoms with Crippen LogP contribution in [0.25, 0.3) is 0 Å². The van der Waals surface area contributed by atoms with Crippen molar-refractivity contribution in [2.75, 3.05) is 52.9 Å². The summed E-state index contributed by atoms with van der Waals surface area (Å²) in [5.41, 5.74) is 1.25. The molecule has 3 rings (SSSR count). The van der Waals surface area contributed by atoms with Gasteiger partial charge in [-0.2, -0.15) is 0 Å². The largest absolute Gasteiger partial charge is 0.493 e. The molecule has 0 fully saturated rings. The molecule has 38 heavy (non-hydrogen) atoms. The fraction of sp³-hybridized carbons (Fsp3) is 0.333. The Hall–Kier alpha value is -3.76. The highest BCUT2D eigenvalue weighted by Crippen LogP contribution is 2.28. The van der Waals surface area contributed by atoms with Crippen molar-refractivity contribution in [1.29, 1.82) is 0 Å². The highest BCUT2D eigenvalue weighted by Gasteiger charge is 2.23. The number of amides is 3. The highest BCUT2D eigenvalue weighted by molar-refractivity contribution is 6.31. The average Bonchev–Trinajstić information content (AvgIpc) is 3.43. The molecular weight excluding hydrogens is 517 g/mol. The molecule has 1 N–H and O–H groups in total. The summed E-state index contributed by atoms with van der Waals surface area (Å²) in [6.45, 7) is 0.757. The second kappa shape index (κ2) is 14.3. The first kappa shape index (κ1) is 28.8. The highest BCUT2D eigenvalue weighted by atomic mass is 35.5. The molecule has 0 spiro atoms. The molecule has 0 saturated heterocycles. The lowest BCUT2D eigenvalue weighted by molar-refractivity contribution is -0.132. The van der Waals surface area contributed by atoms with Crippen molar-refractivity contribution in [2.24, 2.45) is 0 Å². The zero-order chi connectivity index (χ0) is 27.5. The number of rotatable bonds is 13. The maximum Gasteiger partial charge on any atom is 0.322 e. The van der Waals surface area contributed by atoms with Crippen LogP contribution in [-0.4, -0.2) is 69.3 Å². The van der Waals surface area contributed by atoms with E-state index in [4.69, 9.17) is 30.2 Å². The van der Waals surface area contributed by atoms with Crippen molar-refractivity contribution in [3.05, 3.63) is 77.0 Å². The van der Waals surface area contributed by atoms with Crippen LogP contribution in [0.3, 0.4) is 0 Å². The number of carbonyl (C=O) groups is 2. The molecule has 0 aliphatic rings. The van der Waals surface area contributed by atoms with Crippen LogP contribution in [0.1, 0.15) is 11.3 Å². The molecule has 2 aromatic carbocycles. The maximum absolute atomic E-state index is 13.5. The van der Waals surface area contributed by atoms with Gasteiger partial charge in [-0.1, -0.05) is 17.7 Å². The summed E-state index contributed by atoms with van der Waals surface area (Å²) in [6, 6.07) is 12.4. The Bertz CT molecular complexity index is 1210. The number of urea groups is 1. The van der Waals surface area contributed by atoms with Crippen LogP contribution in [0.15, 0.2) is 59.2 Å².